The molecule has 0 aliphatic carbocycles. The maximum absolute atomic E-state index is 10.7. The van der Waals surface area contributed by atoms with E-state index < -0.39 is 0 Å². The highest BCUT2D eigenvalue weighted by molar-refractivity contribution is 5.75. The van der Waals surface area contributed by atoms with Gasteiger partial charge in [-0.05, 0) is 26.5 Å². The molecular formula is C21H42N6O2. The fraction of sp³-hybridized carbons (Fsp3) is 0.429. The molecule has 0 amide bonds. The zero-order valence-corrected chi connectivity index (χ0v) is 19.0. The Balaban J connectivity index is -0.000000184. The number of aliphatic imine (C=N–C) groups is 1. The number of nitrogens with zero attached hydrogens (tertiary/aromatic N) is 1. The molecule has 8 heteroatoms. The standard InChI is InChI=1S/C11H14O2.C7H17N5.C2H6.CH5N/c1-5-8-11(13-9(4)12)10(6-2)7-3;1-6(10-2)11-4-3-5-12-7(8)9;2*1-2/h5-8H,2-3H2,1,4H3;10-11H,1,3-5H2,2H3,(H4,8,9,12);1-2H3;2H2,1H3/b8-5-;;;. The van der Waals surface area contributed by atoms with Gasteiger partial charge >= 0.3 is 5.97 Å². The fourth-order valence-corrected chi connectivity index (χ4v) is 1.39. The molecular weight excluding hydrogens is 368 g/mol. The van der Waals surface area contributed by atoms with Crippen LogP contribution in [-0.2, 0) is 9.53 Å². The normalized spacial score (nSPS) is 8.24. The van der Waals surface area contributed by atoms with E-state index in [4.69, 9.17) is 16.2 Å². The second-order valence-corrected chi connectivity index (χ2v) is 4.64. The monoisotopic (exact) mass is 410 g/mol. The molecule has 0 bridgehead atoms. The largest absolute Gasteiger partial charge is 0.426 e. The van der Waals surface area contributed by atoms with Gasteiger partial charge in [-0.25, -0.2) is 0 Å². The molecule has 0 saturated carbocycles. The first-order valence-corrected chi connectivity index (χ1v) is 9.36. The highest BCUT2D eigenvalue weighted by atomic mass is 16.5. The SMILES string of the molecule is C=C(NC)NCCCN=C(N)N.C=CC(C=C)=C(/C=C\C)OC(C)=O.CC.CN. The summed E-state index contributed by atoms with van der Waals surface area (Å²) in [6, 6.07) is 0. The van der Waals surface area contributed by atoms with Crippen LogP contribution in [0.2, 0.25) is 0 Å². The third-order valence-electron chi connectivity index (χ3n) is 2.57. The first-order valence-electron chi connectivity index (χ1n) is 9.36. The van der Waals surface area contributed by atoms with E-state index in [9.17, 15) is 4.79 Å². The van der Waals surface area contributed by atoms with Gasteiger partial charge in [-0.1, -0.05) is 51.8 Å². The topological polar surface area (TPSA) is 141 Å². The lowest BCUT2D eigenvalue weighted by atomic mass is 10.2. The van der Waals surface area contributed by atoms with Crippen LogP contribution in [0.3, 0.4) is 0 Å². The van der Waals surface area contributed by atoms with Crippen molar-refractivity contribution in [3.63, 3.8) is 0 Å². The second-order valence-electron chi connectivity index (χ2n) is 4.64. The molecule has 168 valence electrons. The maximum Gasteiger partial charge on any atom is 0.308 e. The van der Waals surface area contributed by atoms with Crippen molar-refractivity contribution in [2.45, 2.75) is 34.1 Å². The van der Waals surface area contributed by atoms with Crippen molar-refractivity contribution in [1.29, 1.82) is 0 Å². The summed E-state index contributed by atoms with van der Waals surface area (Å²) >= 11 is 0. The molecule has 0 spiro atoms. The zero-order valence-electron chi connectivity index (χ0n) is 19.0. The Hall–Kier alpha value is -3.00. The quantitative estimate of drug-likeness (QED) is 0.0929. The van der Waals surface area contributed by atoms with Crippen LogP contribution in [-0.4, -0.2) is 39.1 Å². The number of nitrogens with two attached hydrogens (primary N) is 3. The molecule has 0 aliphatic heterocycles. The average Bonchev–Trinajstić information content (AvgIpc) is 2.71. The first-order chi connectivity index (χ1) is 13.8. The fourth-order valence-electron chi connectivity index (χ4n) is 1.39. The molecule has 0 aromatic rings. The number of allylic oxidation sites excluding steroid dienone is 5. The third kappa shape index (κ3) is 27.3. The van der Waals surface area contributed by atoms with Crippen molar-refractivity contribution < 1.29 is 9.53 Å². The van der Waals surface area contributed by atoms with Crippen molar-refractivity contribution in [2.24, 2.45) is 22.2 Å². The molecule has 29 heavy (non-hydrogen) atoms. The van der Waals surface area contributed by atoms with Gasteiger partial charge in [-0.3, -0.25) is 9.79 Å². The number of carbonyl (C=O) groups excluding carboxylic acids is 1. The zero-order chi connectivity index (χ0) is 23.7. The number of esters is 1. The number of hydrogen-bond donors (Lipinski definition) is 5. The Morgan fingerprint density at radius 2 is 1.69 bits per heavy atom. The number of rotatable bonds is 10. The van der Waals surface area contributed by atoms with E-state index in [1.165, 1.54) is 14.0 Å². The molecule has 0 atom stereocenters. The molecule has 0 radical (unpaired) electrons. The van der Waals surface area contributed by atoms with E-state index >= 15 is 0 Å². The van der Waals surface area contributed by atoms with Crippen molar-refractivity contribution >= 4 is 11.9 Å². The molecule has 0 rings (SSSR count). The molecule has 8 nitrogen and oxygen atoms in total. The van der Waals surface area contributed by atoms with Crippen LogP contribution in [0, 0.1) is 0 Å². The van der Waals surface area contributed by atoms with E-state index in [0.717, 1.165) is 18.8 Å². The molecule has 0 fully saturated rings. The van der Waals surface area contributed by atoms with E-state index in [1.54, 1.807) is 24.3 Å². The van der Waals surface area contributed by atoms with E-state index in [2.05, 4.69) is 41.1 Å². The van der Waals surface area contributed by atoms with Gasteiger partial charge in [0, 0.05) is 32.6 Å². The number of hydrogen-bond acceptors (Lipinski definition) is 6. The molecule has 0 aromatic heterocycles. The van der Waals surface area contributed by atoms with E-state index in [-0.39, 0.29) is 11.9 Å². The molecule has 0 saturated heterocycles. The Morgan fingerprint density at radius 3 is 2.03 bits per heavy atom. The van der Waals surface area contributed by atoms with Crippen LogP contribution in [0.25, 0.3) is 0 Å². The predicted octanol–water partition coefficient (Wildman–Crippen LogP) is 2.28. The second kappa shape index (κ2) is 27.2. The summed E-state index contributed by atoms with van der Waals surface area (Å²) in [5.74, 6) is 1.07. The summed E-state index contributed by atoms with van der Waals surface area (Å²) in [6.07, 6.45) is 7.54. The summed E-state index contributed by atoms with van der Waals surface area (Å²) in [5.41, 5.74) is 15.5. The summed E-state index contributed by atoms with van der Waals surface area (Å²) in [4.78, 5) is 14.5. The summed E-state index contributed by atoms with van der Waals surface area (Å²) in [5, 5.41) is 5.92. The van der Waals surface area contributed by atoms with Crippen LogP contribution in [0.15, 0.2) is 66.2 Å². The van der Waals surface area contributed by atoms with Gasteiger partial charge in [0.05, 0.1) is 5.82 Å². The highest BCUT2D eigenvalue weighted by Crippen LogP contribution is 2.10. The Kier molecular flexibility index (Phi) is 31.5. The third-order valence-corrected chi connectivity index (χ3v) is 2.57. The summed E-state index contributed by atoms with van der Waals surface area (Å²) < 4.78 is 4.95. The number of carbonyl (C=O) groups is 1. The lowest BCUT2D eigenvalue weighted by molar-refractivity contribution is -0.136. The molecule has 8 N–H and O–H groups in total. The Labute approximate surface area is 177 Å². The Bertz CT molecular complexity index is 523. The number of guanidine groups is 1. The average molecular weight is 411 g/mol. The van der Waals surface area contributed by atoms with Crippen LogP contribution < -0.4 is 27.8 Å². The highest BCUT2D eigenvalue weighted by Gasteiger charge is 2.01. The van der Waals surface area contributed by atoms with Gasteiger partial charge < -0.3 is 32.6 Å². The summed E-state index contributed by atoms with van der Waals surface area (Å²) in [6.45, 7) is 19.5. The van der Waals surface area contributed by atoms with Gasteiger partial charge in [0.25, 0.3) is 0 Å². The van der Waals surface area contributed by atoms with E-state index in [1.807, 2.05) is 27.8 Å². The molecule has 0 aliphatic rings. The maximum atomic E-state index is 10.7. The minimum Gasteiger partial charge on any atom is -0.426 e. The minimum absolute atomic E-state index is 0.141. The lowest BCUT2D eigenvalue weighted by Crippen LogP contribution is -2.25. The number of nitrogens with one attached hydrogen (secondary N) is 2. The van der Waals surface area contributed by atoms with E-state index in [0.29, 0.717) is 17.9 Å². The van der Waals surface area contributed by atoms with Crippen LogP contribution in [0.1, 0.15) is 34.1 Å². The first kappa shape index (κ1) is 33.6. The van der Waals surface area contributed by atoms with Crippen molar-refractivity contribution in [3.8, 4) is 0 Å². The summed E-state index contributed by atoms with van der Waals surface area (Å²) in [7, 11) is 3.31. The van der Waals surface area contributed by atoms with Gasteiger partial charge in [0.1, 0.15) is 5.76 Å². The molecule has 0 aromatic carbocycles. The van der Waals surface area contributed by atoms with Gasteiger partial charge in [0.15, 0.2) is 5.96 Å². The molecule has 0 unspecified atom stereocenters. The molecule has 0 heterocycles. The Morgan fingerprint density at radius 1 is 1.17 bits per heavy atom. The van der Waals surface area contributed by atoms with Crippen LogP contribution in [0.4, 0.5) is 0 Å². The van der Waals surface area contributed by atoms with Gasteiger partial charge in [0.2, 0.25) is 0 Å². The van der Waals surface area contributed by atoms with Crippen molar-refractivity contribution in [1.82, 2.24) is 10.6 Å². The number of ether oxygens (including phenoxy) is 1. The minimum atomic E-state index is -0.352. The lowest BCUT2D eigenvalue weighted by Gasteiger charge is -2.06. The van der Waals surface area contributed by atoms with Crippen molar-refractivity contribution in [2.75, 3.05) is 27.2 Å². The van der Waals surface area contributed by atoms with Gasteiger partial charge in [-0.15, -0.1) is 0 Å². The predicted molar refractivity (Wildman–Crippen MR) is 127 cm³/mol. The smallest absolute Gasteiger partial charge is 0.308 e. The van der Waals surface area contributed by atoms with Crippen LogP contribution >= 0.6 is 0 Å². The van der Waals surface area contributed by atoms with Crippen LogP contribution in [0.5, 0.6) is 0 Å². The van der Waals surface area contributed by atoms with Gasteiger partial charge in [-0.2, -0.15) is 0 Å². The van der Waals surface area contributed by atoms with Crippen molar-refractivity contribution in [3.05, 3.63) is 61.2 Å².